The minimum absolute atomic E-state index is 0.599. The summed E-state index contributed by atoms with van der Waals surface area (Å²) in [7, 11) is 0. The van der Waals surface area contributed by atoms with Crippen LogP contribution in [0.1, 0.15) is 19.8 Å². The van der Waals surface area contributed by atoms with Crippen LogP contribution in [0.15, 0.2) is 0 Å². The molecule has 11 heavy (non-hydrogen) atoms. The molecule has 0 aliphatic rings. The molecule has 0 aromatic rings. The first-order valence-corrected chi connectivity index (χ1v) is 6.17. The van der Waals surface area contributed by atoms with Gasteiger partial charge >= 0.3 is 73.0 Å². The third-order valence-electron chi connectivity index (χ3n) is 1.24. The van der Waals surface area contributed by atoms with Gasteiger partial charge in [-0.3, -0.25) is 0 Å². The summed E-state index contributed by atoms with van der Waals surface area (Å²) in [6.45, 7) is 2.14. The first-order chi connectivity index (χ1) is 5.18. The molecule has 0 aliphatic carbocycles. The number of nitrogens with two attached hydrogens (primary N) is 1. The fourth-order valence-corrected chi connectivity index (χ4v) is 2.50. The molecular formula is C7H15NO2Se. The minimum atomic E-state index is -0.878. The Bertz CT molecular complexity index is 119. The van der Waals surface area contributed by atoms with Crippen molar-refractivity contribution in [2.75, 3.05) is 0 Å². The van der Waals surface area contributed by atoms with E-state index in [9.17, 15) is 4.79 Å². The third kappa shape index (κ3) is 6.35. The molecule has 0 aromatic heterocycles. The molecule has 0 saturated carbocycles. The van der Waals surface area contributed by atoms with Crippen molar-refractivity contribution in [2.24, 2.45) is 5.73 Å². The van der Waals surface area contributed by atoms with Crippen molar-refractivity contribution < 1.29 is 9.90 Å². The van der Waals surface area contributed by atoms with Gasteiger partial charge in [-0.1, -0.05) is 0 Å². The predicted octanol–water partition coefficient (Wildman–Crippen LogP) is 0.739. The van der Waals surface area contributed by atoms with Crippen molar-refractivity contribution in [1.82, 2.24) is 0 Å². The summed E-state index contributed by atoms with van der Waals surface area (Å²) in [6.07, 6.45) is 1.83. The zero-order chi connectivity index (χ0) is 8.69. The summed E-state index contributed by atoms with van der Waals surface area (Å²) in [5, 5.41) is 10.7. The Kier molecular flexibility index (Phi) is 6.62. The van der Waals surface area contributed by atoms with Crippen LogP contribution in [0.2, 0.25) is 10.6 Å². The van der Waals surface area contributed by atoms with Crippen LogP contribution in [0.4, 0.5) is 0 Å². The summed E-state index contributed by atoms with van der Waals surface area (Å²) in [5.41, 5.74) is 5.31. The van der Waals surface area contributed by atoms with Crippen LogP contribution in [0.5, 0.6) is 0 Å². The van der Waals surface area contributed by atoms with E-state index < -0.39 is 12.0 Å². The molecule has 1 atom stereocenters. The maximum absolute atomic E-state index is 10.2. The van der Waals surface area contributed by atoms with E-state index in [0.717, 1.165) is 5.32 Å². The van der Waals surface area contributed by atoms with Gasteiger partial charge in [-0.15, -0.1) is 0 Å². The van der Waals surface area contributed by atoms with Gasteiger partial charge in [-0.05, 0) is 0 Å². The van der Waals surface area contributed by atoms with E-state index in [1.807, 2.05) is 0 Å². The normalized spacial score (nSPS) is 12.9. The zero-order valence-corrected chi connectivity index (χ0v) is 8.46. The van der Waals surface area contributed by atoms with E-state index >= 15 is 0 Å². The van der Waals surface area contributed by atoms with Crippen LogP contribution in [-0.4, -0.2) is 32.1 Å². The fourth-order valence-electron chi connectivity index (χ4n) is 0.580. The molecule has 66 valence electrons. The molecule has 0 spiro atoms. The van der Waals surface area contributed by atoms with E-state index in [1.54, 1.807) is 0 Å². The van der Waals surface area contributed by atoms with Crippen molar-refractivity contribution in [3.05, 3.63) is 0 Å². The molecule has 0 radical (unpaired) electrons. The Balaban J connectivity index is 3.17. The summed E-state index contributed by atoms with van der Waals surface area (Å²) < 4.78 is 0. The van der Waals surface area contributed by atoms with E-state index in [0.29, 0.717) is 21.4 Å². The predicted molar refractivity (Wildman–Crippen MR) is 45.9 cm³/mol. The van der Waals surface area contributed by atoms with Crippen LogP contribution in [0, 0.1) is 0 Å². The van der Waals surface area contributed by atoms with E-state index in [4.69, 9.17) is 10.8 Å². The van der Waals surface area contributed by atoms with Crippen molar-refractivity contribution in [1.29, 1.82) is 0 Å². The van der Waals surface area contributed by atoms with Gasteiger partial charge in [0.05, 0.1) is 0 Å². The van der Waals surface area contributed by atoms with Crippen LogP contribution in [-0.2, 0) is 4.79 Å². The van der Waals surface area contributed by atoms with Crippen LogP contribution in [0.3, 0.4) is 0 Å². The molecule has 0 aromatic carbocycles. The Hall–Kier alpha value is -0.0505. The van der Waals surface area contributed by atoms with E-state index in [1.165, 1.54) is 11.7 Å². The molecular weight excluding hydrogens is 209 g/mol. The zero-order valence-electron chi connectivity index (χ0n) is 6.75. The number of rotatable bonds is 6. The monoisotopic (exact) mass is 225 g/mol. The summed E-state index contributed by atoms with van der Waals surface area (Å²) >= 11 is 0.599. The van der Waals surface area contributed by atoms with Gasteiger partial charge in [-0.2, -0.15) is 0 Å². The second kappa shape index (κ2) is 6.65. The van der Waals surface area contributed by atoms with Gasteiger partial charge in [-0.25, -0.2) is 0 Å². The molecule has 0 heterocycles. The number of carboxylic acid groups (broad SMARTS) is 1. The Morgan fingerprint density at radius 1 is 1.64 bits per heavy atom. The van der Waals surface area contributed by atoms with Gasteiger partial charge in [0.1, 0.15) is 0 Å². The van der Waals surface area contributed by atoms with Crippen LogP contribution in [0.25, 0.3) is 0 Å². The second-order valence-corrected chi connectivity index (χ2v) is 4.92. The molecule has 0 amide bonds. The molecule has 3 N–H and O–H groups in total. The standard InChI is InChI=1S/C7H15NO2Se/c1-2-4-11-5-3-6(8)7(9)10/h6H,2-5,8H2,1H3,(H,9,10)/t6-/m0/s1. The first-order valence-electron chi connectivity index (χ1n) is 3.74. The summed E-state index contributed by atoms with van der Waals surface area (Å²) in [5.74, 6) is -0.878. The quantitative estimate of drug-likeness (QED) is 0.516. The number of carboxylic acids is 1. The Labute approximate surface area is 73.5 Å². The molecule has 0 fully saturated rings. The van der Waals surface area contributed by atoms with Crippen LogP contribution < -0.4 is 5.73 Å². The summed E-state index contributed by atoms with van der Waals surface area (Å²) in [4.78, 5) is 10.2. The number of carbonyl (C=O) groups is 1. The van der Waals surface area contributed by atoms with Crippen molar-refractivity contribution in [2.45, 2.75) is 36.4 Å². The molecule has 0 unspecified atom stereocenters. The van der Waals surface area contributed by atoms with E-state index in [-0.39, 0.29) is 0 Å². The topological polar surface area (TPSA) is 63.3 Å². The molecule has 0 bridgehead atoms. The molecule has 4 heteroatoms. The molecule has 0 saturated heterocycles. The summed E-state index contributed by atoms with van der Waals surface area (Å²) in [6, 6.07) is -0.645. The second-order valence-electron chi connectivity index (χ2n) is 2.35. The van der Waals surface area contributed by atoms with Gasteiger partial charge in [0, 0.05) is 0 Å². The number of hydrogen-bond donors (Lipinski definition) is 2. The Morgan fingerprint density at radius 3 is 2.73 bits per heavy atom. The molecule has 0 aliphatic heterocycles. The SMILES string of the molecule is CCC[Se]CC[C@H](N)C(=O)O. The molecule has 0 rings (SSSR count). The maximum atomic E-state index is 10.2. The van der Waals surface area contributed by atoms with Gasteiger partial charge < -0.3 is 0 Å². The average molecular weight is 224 g/mol. The van der Waals surface area contributed by atoms with Gasteiger partial charge in [0.25, 0.3) is 0 Å². The van der Waals surface area contributed by atoms with Crippen LogP contribution >= 0.6 is 0 Å². The van der Waals surface area contributed by atoms with Crippen molar-refractivity contribution >= 4 is 20.9 Å². The first kappa shape index (κ1) is 10.9. The van der Waals surface area contributed by atoms with E-state index in [2.05, 4.69) is 6.92 Å². The third-order valence-corrected chi connectivity index (χ3v) is 3.80. The average Bonchev–Trinajstić information content (AvgIpc) is 1.97. The number of hydrogen-bond acceptors (Lipinski definition) is 2. The van der Waals surface area contributed by atoms with Gasteiger partial charge in [0.15, 0.2) is 0 Å². The van der Waals surface area contributed by atoms with Crippen molar-refractivity contribution in [3.8, 4) is 0 Å². The Morgan fingerprint density at radius 2 is 2.27 bits per heavy atom. The fraction of sp³-hybridized carbons (Fsp3) is 0.857. The van der Waals surface area contributed by atoms with Gasteiger partial charge in [0.2, 0.25) is 0 Å². The number of aliphatic carboxylic acids is 1. The molecule has 3 nitrogen and oxygen atoms in total. The van der Waals surface area contributed by atoms with Crippen molar-refractivity contribution in [3.63, 3.8) is 0 Å².